The molecule has 0 bridgehead atoms. The normalized spacial score (nSPS) is 17.1. The molecule has 0 aromatic rings. The molecule has 0 aliphatic heterocycles. The Morgan fingerprint density at radius 1 is 1.27 bits per heavy atom. The summed E-state index contributed by atoms with van der Waals surface area (Å²) in [4.78, 5) is 0. The minimum Gasteiger partial charge on any atom is -0.261 e. The van der Waals surface area contributed by atoms with E-state index < -0.39 is 0 Å². The van der Waals surface area contributed by atoms with Gasteiger partial charge in [-0.05, 0) is 37.0 Å². The lowest BCUT2D eigenvalue weighted by Crippen LogP contribution is -2.12. The molecule has 2 heteroatoms. The molecule has 1 N–H and O–H groups in total. The summed E-state index contributed by atoms with van der Waals surface area (Å²) in [5, 5.41) is 0. The van der Waals surface area contributed by atoms with Crippen LogP contribution in [-0.2, 0) is 0 Å². The Morgan fingerprint density at radius 2 is 1.87 bits per heavy atom. The lowest BCUT2D eigenvalue weighted by Gasteiger charge is -2.20. The smallest absolute Gasteiger partial charge is 0.0169 e. The van der Waals surface area contributed by atoms with Crippen molar-refractivity contribution in [2.24, 2.45) is 17.8 Å². The number of nitrogens with one attached hydrogen (secondary N) is 1. The maximum Gasteiger partial charge on any atom is 0.0169 e. The van der Waals surface area contributed by atoms with Gasteiger partial charge in [0.05, 0.1) is 0 Å². The van der Waals surface area contributed by atoms with Crippen LogP contribution in [-0.4, -0.2) is 6.54 Å². The summed E-state index contributed by atoms with van der Waals surface area (Å²) < 4.78 is 3.19. The molecule has 0 aromatic heterocycles. The van der Waals surface area contributed by atoms with Crippen LogP contribution in [0.15, 0.2) is 12.7 Å². The molecule has 0 saturated carbocycles. The van der Waals surface area contributed by atoms with Gasteiger partial charge >= 0.3 is 0 Å². The molecule has 0 radical (unpaired) electrons. The molecule has 0 amide bonds. The van der Waals surface area contributed by atoms with Crippen LogP contribution in [0.1, 0.15) is 46.5 Å². The van der Waals surface area contributed by atoms with E-state index in [1.54, 1.807) is 0 Å². The second-order valence-electron chi connectivity index (χ2n) is 4.76. The average molecular weight is 323 g/mol. The van der Waals surface area contributed by atoms with E-state index in [2.05, 4.69) is 59.8 Å². The Balaban J connectivity index is 3.81. The Labute approximate surface area is 110 Å². The first-order valence-corrected chi connectivity index (χ1v) is 7.17. The zero-order valence-corrected chi connectivity index (χ0v) is 12.6. The largest absolute Gasteiger partial charge is 0.261 e. The quantitative estimate of drug-likeness (QED) is 0.372. The zero-order valence-electron chi connectivity index (χ0n) is 10.4. The molecule has 0 aliphatic carbocycles. The van der Waals surface area contributed by atoms with E-state index in [0.29, 0.717) is 5.92 Å². The number of halogens is 1. The summed E-state index contributed by atoms with van der Waals surface area (Å²) in [5.41, 5.74) is 0. The van der Waals surface area contributed by atoms with Crippen LogP contribution < -0.4 is 3.53 Å². The van der Waals surface area contributed by atoms with Crippen LogP contribution in [0.25, 0.3) is 0 Å². The first-order valence-electron chi connectivity index (χ1n) is 6.10. The monoisotopic (exact) mass is 323 g/mol. The van der Waals surface area contributed by atoms with Crippen LogP contribution in [0.3, 0.4) is 0 Å². The van der Waals surface area contributed by atoms with Crippen LogP contribution in [0.5, 0.6) is 0 Å². The standard InChI is InChI=1S/C13H26IN/c1-5-11(3)9-13(6-2)10-12(4)7-8-15-14/h6,11-13,15H,2,5,7-10H2,1,3-4H3/t11-,12-,13-/m1/s1. The van der Waals surface area contributed by atoms with Crippen molar-refractivity contribution in [2.45, 2.75) is 46.5 Å². The molecule has 15 heavy (non-hydrogen) atoms. The van der Waals surface area contributed by atoms with Crippen LogP contribution in [0.4, 0.5) is 0 Å². The first-order chi connectivity index (χ1) is 7.13. The SMILES string of the molecule is C=C[C@H](C[C@H](C)CC)C[C@H](C)CCNI. The van der Waals surface area contributed by atoms with Gasteiger partial charge < -0.3 is 0 Å². The van der Waals surface area contributed by atoms with Gasteiger partial charge in [0, 0.05) is 29.4 Å². The van der Waals surface area contributed by atoms with Gasteiger partial charge in [0.1, 0.15) is 0 Å². The van der Waals surface area contributed by atoms with Crippen molar-refractivity contribution in [3.8, 4) is 0 Å². The molecule has 0 aromatic carbocycles. The molecule has 0 rings (SSSR count). The third-order valence-corrected chi connectivity index (χ3v) is 3.71. The van der Waals surface area contributed by atoms with Crippen molar-refractivity contribution < 1.29 is 0 Å². The van der Waals surface area contributed by atoms with Gasteiger partial charge in [0.25, 0.3) is 0 Å². The molecular formula is C13H26IN. The van der Waals surface area contributed by atoms with E-state index >= 15 is 0 Å². The topological polar surface area (TPSA) is 12.0 Å². The average Bonchev–Trinajstić information content (AvgIpc) is 2.25. The first kappa shape index (κ1) is 15.4. The summed E-state index contributed by atoms with van der Waals surface area (Å²) in [6.07, 6.45) is 7.32. The van der Waals surface area contributed by atoms with Crippen molar-refractivity contribution in [3.05, 3.63) is 12.7 Å². The summed E-state index contributed by atoms with van der Waals surface area (Å²) in [6.45, 7) is 12.0. The summed E-state index contributed by atoms with van der Waals surface area (Å²) in [7, 11) is 0. The van der Waals surface area contributed by atoms with E-state index in [4.69, 9.17) is 0 Å². The van der Waals surface area contributed by atoms with Gasteiger partial charge in [-0.15, -0.1) is 6.58 Å². The molecule has 0 saturated heterocycles. The summed E-state index contributed by atoms with van der Waals surface area (Å²) >= 11 is 2.22. The molecule has 90 valence electrons. The van der Waals surface area contributed by atoms with E-state index in [0.717, 1.165) is 18.4 Å². The Kier molecular flexibility index (Phi) is 9.92. The van der Waals surface area contributed by atoms with Gasteiger partial charge in [-0.25, -0.2) is 0 Å². The predicted octanol–water partition coefficient (Wildman–Crippen LogP) is 4.58. The van der Waals surface area contributed by atoms with Crippen LogP contribution in [0.2, 0.25) is 0 Å². The number of allylic oxidation sites excluding steroid dienone is 1. The maximum absolute atomic E-state index is 3.96. The van der Waals surface area contributed by atoms with Crippen molar-refractivity contribution in [2.75, 3.05) is 6.54 Å². The van der Waals surface area contributed by atoms with E-state index in [-0.39, 0.29) is 0 Å². The van der Waals surface area contributed by atoms with Crippen molar-refractivity contribution in [1.29, 1.82) is 0 Å². The van der Waals surface area contributed by atoms with E-state index in [1.807, 2.05) is 0 Å². The molecule has 0 fully saturated rings. The molecule has 3 atom stereocenters. The number of rotatable bonds is 9. The molecule has 0 heterocycles. The Bertz CT molecular complexity index is 159. The minimum absolute atomic E-state index is 0.712. The molecule has 0 aliphatic rings. The molecule has 0 unspecified atom stereocenters. The Morgan fingerprint density at radius 3 is 2.33 bits per heavy atom. The fourth-order valence-electron chi connectivity index (χ4n) is 1.91. The zero-order chi connectivity index (χ0) is 11.7. The third-order valence-electron chi connectivity index (χ3n) is 3.17. The van der Waals surface area contributed by atoms with Crippen LogP contribution in [0, 0.1) is 17.8 Å². The lowest BCUT2D eigenvalue weighted by atomic mass is 9.86. The summed E-state index contributed by atoms with van der Waals surface area (Å²) in [6, 6.07) is 0. The molecular weight excluding hydrogens is 297 g/mol. The highest BCUT2D eigenvalue weighted by Crippen LogP contribution is 2.24. The van der Waals surface area contributed by atoms with Gasteiger partial charge in [-0.3, -0.25) is 3.53 Å². The van der Waals surface area contributed by atoms with E-state index in [1.165, 1.54) is 25.7 Å². The highest BCUT2D eigenvalue weighted by molar-refractivity contribution is 14.1. The van der Waals surface area contributed by atoms with Crippen molar-refractivity contribution in [3.63, 3.8) is 0 Å². The molecule has 0 spiro atoms. The molecule has 1 nitrogen and oxygen atoms in total. The third kappa shape index (κ3) is 8.26. The van der Waals surface area contributed by atoms with E-state index in [9.17, 15) is 0 Å². The van der Waals surface area contributed by atoms with Crippen molar-refractivity contribution >= 4 is 22.9 Å². The highest BCUT2D eigenvalue weighted by Gasteiger charge is 2.12. The van der Waals surface area contributed by atoms with Gasteiger partial charge in [0.2, 0.25) is 0 Å². The fourth-order valence-corrected chi connectivity index (χ4v) is 2.22. The van der Waals surface area contributed by atoms with Gasteiger partial charge in [0.15, 0.2) is 0 Å². The van der Waals surface area contributed by atoms with Gasteiger partial charge in [-0.1, -0.05) is 33.3 Å². The number of hydrogen-bond acceptors (Lipinski definition) is 1. The minimum atomic E-state index is 0.712. The van der Waals surface area contributed by atoms with Crippen LogP contribution >= 0.6 is 22.9 Å². The van der Waals surface area contributed by atoms with Crippen molar-refractivity contribution in [1.82, 2.24) is 3.53 Å². The number of hydrogen-bond donors (Lipinski definition) is 1. The summed E-state index contributed by atoms with van der Waals surface area (Å²) in [5.74, 6) is 2.35. The van der Waals surface area contributed by atoms with Gasteiger partial charge in [-0.2, -0.15) is 0 Å². The highest BCUT2D eigenvalue weighted by atomic mass is 127. The lowest BCUT2D eigenvalue weighted by molar-refractivity contribution is 0.357. The second kappa shape index (κ2) is 9.64. The Hall–Kier alpha value is 0.430. The maximum atomic E-state index is 3.96. The fraction of sp³-hybridized carbons (Fsp3) is 0.846. The second-order valence-corrected chi connectivity index (χ2v) is 5.52. The predicted molar refractivity (Wildman–Crippen MR) is 78.2 cm³/mol.